The van der Waals surface area contributed by atoms with E-state index in [1.165, 1.54) is 6.08 Å². The van der Waals surface area contributed by atoms with E-state index < -0.39 is 17.9 Å². The van der Waals surface area contributed by atoms with Gasteiger partial charge < -0.3 is 15.2 Å². The number of benzene rings is 1. The fourth-order valence-electron chi connectivity index (χ4n) is 1.53. The van der Waals surface area contributed by atoms with Gasteiger partial charge in [0.05, 0.1) is 13.0 Å². The van der Waals surface area contributed by atoms with Gasteiger partial charge in [0.1, 0.15) is 5.75 Å². The average Bonchev–Trinajstić information content (AvgIpc) is 2.44. The number of carboxylic acid groups (broad SMARTS) is 1. The molecule has 1 aromatic rings. The highest BCUT2D eigenvalue weighted by atomic mass is 16.5. The predicted molar refractivity (Wildman–Crippen MR) is 76.4 cm³/mol. The standard InChI is InChI=1S/C15H19NO4/c1-10(15(18)19)11(2)16-14(17)8-7-12-5-4-6-13(9-12)20-3/h4-11H,1-3H3,(H,16,17)(H,18,19)/b8-7+. The quantitative estimate of drug-likeness (QED) is 0.779. The molecule has 0 spiro atoms. The molecule has 0 aliphatic heterocycles. The molecule has 2 N–H and O–H groups in total. The van der Waals surface area contributed by atoms with E-state index in [0.29, 0.717) is 5.75 Å². The summed E-state index contributed by atoms with van der Waals surface area (Å²) in [6, 6.07) is 6.84. The summed E-state index contributed by atoms with van der Waals surface area (Å²) in [4.78, 5) is 22.5. The molecule has 2 unspecified atom stereocenters. The molecule has 0 bridgehead atoms. The summed E-state index contributed by atoms with van der Waals surface area (Å²) in [5.74, 6) is -1.19. The van der Waals surface area contributed by atoms with Crippen molar-refractivity contribution in [3.8, 4) is 5.75 Å². The third-order valence-corrected chi connectivity index (χ3v) is 3.03. The molecular formula is C15H19NO4. The van der Waals surface area contributed by atoms with E-state index in [9.17, 15) is 9.59 Å². The number of aliphatic carboxylic acids is 1. The summed E-state index contributed by atoms with van der Waals surface area (Å²) in [5.41, 5.74) is 0.832. The highest BCUT2D eigenvalue weighted by Crippen LogP contribution is 2.13. The van der Waals surface area contributed by atoms with E-state index in [1.807, 2.05) is 18.2 Å². The van der Waals surface area contributed by atoms with Gasteiger partial charge in [0, 0.05) is 12.1 Å². The second kappa shape index (κ2) is 7.33. The van der Waals surface area contributed by atoms with Gasteiger partial charge in [0.2, 0.25) is 5.91 Å². The molecular weight excluding hydrogens is 258 g/mol. The minimum absolute atomic E-state index is 0.326. The third kappa shape index (κ3) is 4.76. The molecule has 0 aliphatic rings. The summed E-state index contributed by atoms with van der Waals surface area (Å²) in [6.07, 6.45) is 3.02. The van der Waals surface area contributed by atoms with Crippen LogP contribution in [0.25, 0.3) is 6.08 Å². The Kier molecular flexibility index (Phi) is 5.77. The van der Waals surface area contributed by atoms with Gasteiger partial charge in [-0.1, -0.05) is 12.1 Å². The fraction of sp³-hybridized carbons (Fsp3) is 0.333. The second-order valence-corrected chi connectivity index (χ2v) is 4.53. The summed E-state index contributed by atoms with van der Waals surface area (Å²) >= 11 is 0. The van der Waals surface area contributed by atoms with Gasteiger partial charge in [-0.2, -0.15) is 0 Å². The van der Waals surface area contributed by atoms with E-state index in [1.54, 1.807) is 33.1 Å². The number of nitrogens with one attached hydrogen (secondary N) is 1. The van der Waals surface area contributed by atoms with Crippen molar-refractivity contribution < 1.29 is 19.4 Å². The molecule has 1 aromatic carbocycles. The number of carboxylic acids is 1. The number of amides is 1. The Morgan fingerprint density at radius 3 is 2.65 bits per heavy atom. The Labute approximate surface area is 118 Å². The van der Waals surface area contributed by atoms with E-state index in [2.05, 4.69) is 5.32 Å². The number of methoxy groups -OCH3 is 1. The lowest BCUT2D eigenvalue weighted by Gasteiger charge is -2.16. The second-order valence-electron chi connectivity index (χ2n) is 4.53. The van der Waals surface area contributed by atoms with Crippen molar-refractivity contribution >= 4 is 18.0 Å². The van der Waals surface area contributed by atoms with Crippen molar-refractivity contribution in [2.75, 3.05) is 7.11 Å². The Morgan fingerprint density at radius 1 is 1.35 bits per heavy atom. The molecule has 0 aromatic heterocycles. The van der Waals surface area contributed by atoms with Gasteiger partial charge in [-0.05, 0) is 37.6 Å². The van der Waals surface area contributed by atoms with Crippen LogP contribution in [0.15, 0.2) is 30.3 Å². The van der Waals surface area contributed by atoms with Crippen LogP contribution in [0.4, 0.5) is 0 Å². The summed E-state index contributed by atoms with van der Waals surface area (Å²) in [6.45, 7) is 3.22. The maximum absolute atomic E-state index is 11.7. The Hall–Kier alpha value is -2.30. The van der Waals surface area contributed by atoms with Crippen LogP contribution in [0.5, 0.6) is 5.75 Å². The molecule has 20 heavy (non-hydrogen) atoms. The molecule has 1 rings (SSSR count). The lowest BCUT2D eigenvalue weighted by molar-refractivity contribution is -0.142. The molecule has 0 saturated carbocycles. The predicted octanol–water partition coefficient (Wildman–Crippen LogP) is 1.93. The lowest BCUT2D eigenvalue weighted by Crippen LogP contribution is -2.39. The van der Waals surface area contributed by atoms with E-state index in [0.717, 1.165) is 5.56 Å². The van der Waals surface area contributed by atoms with Gasteiger partial charge in [-0.15, -0.1) is 0 Å². The van der Waals surface area contributed by atoms with Crippen molar-refractivity contribution in [1.29, 1.82) is 0 Å². The minimum Gasteiger partial charge on any atom is -0.497 e. The molecule has 0 fully saturated rings. The Morgan fingerprint density at radius 2 is 2.05 bits per heavy atom. The zero-order valence-corrected chi connectivity index (χ0v) is 11.8. The number of hydrogen-bond donors (Lipinski definition) is 2. The zero-order chi connectivity index (χ0) is 15.1. The van der Waals surface area contributed by atoms with Gasteiger partial charge in [-0.3, -0.25) is 9.59 Å². The van der Waals surface area contributed by atoms with Gasteiger partial charge in [0.15, 0.2) is 0 Å². The molecule has 0 saturated heterocycles. The number of carbonyl (C=O) groups is 2. The molecule has 0 radical (unpaired) electrons. The highest BCUT2D eigenvalue weighted by molar-refractivity contribution is 5.92. The SMILES string of the molecule is COc1cccc(/C=C/C(=O)NC(C)C(C)C(=O)O)c1. The monoisotopic (exact) mass is 277 g/mol. The molecule has 0 aliphatic carbocycles. The largest absolute Gasteiger partial charge is 0.497 e. The summed E-state index contributed by atoms with van der Waals surface area (Å²) in [7, 11) is 1.57. The number of ether oxygens (including phenoxy) is 1. The van der Waals surface area contributed by atoms with Crippen LogP contribution in [0.1, 0.15) is 19.4 Å². The lowest BCUT2D eigenvalue weighted by atomic mass is 10.0. The van der Waals surface area contributed by atoms with Crippen molar-refractivity contribution in [1.82, 2.24) is 5.32 Å². The minimum atomic E-state index is -0.936. The van der Waals surface area contributed by atoms with Gasteiger partial charge >= 0.3 is 5.97 Å². The highest BCUT2D eigenvalue weighted by Gasteiger charge is 2.19. The van der Waals surface area contributed by atoms with E-state index in [-0.39, 0.29) is 5.91 Å². The van der Waals surface area contributed by atoms with Crippen LogP contribution in [-0.2, 0) is 9.59 Å². The van der Waals surface area contributed by atoms with Gasteiger partial charge in [0.25, 0.3) is 0 Å². The zero-order valence-electron chi connectivity index (χ0n) is 11.8. The van der Waals surface area contributed by atoms with Crippen LogP contribution in [0, 0.1) is 5.92 Å². The first kappa shape index (κ1) is 15.8. The first-order valence-electron chi connectivity index (χ1n) is 6.29. The first-order chi connectivity index (χ1) is 9.43. The van der Waals surface area contributed by atoms with E-state index in [4.69, 9.17) is 9.84 Å². The molecule has 1 amide bonds. The molecule has 108 valence electrons. The smallest absolute Gasteiger partial charge is 0.308 e. The van der Waals surface area contributed by atoms with Crippen molar-refractivity contribution in [3.05, 3.63) is 35.9 Å². The van der Waals surface area contributed by atoms with Crippen LogP contribution in [0.3, 0.4) is 0 Å². The van der Waals surface area contributed by atoms with Gasteiger partial charge in [-0.25, -0.2) is 0 Å². The number of rotatable bonds is 6. The van der Waals surface area contributed by atoms with Crippen LogP contribution >= 0.6 is 0 Å². The molecule has 2 atom stereocenters. The van der Waals surface area contributed by atoms with Crippen molar-refractivity contribution in [2.24, 2.45) is 5.92 Å². The van der Waals surface area contributed by atoms with Crippen LogP contribution in [0.2, 0.25) is 0 Å². The number of hydrogen-bond acceptors (Lipinski definition) is 3. The molecule has 5 heteroatoms. The van der Waals surface area contributed by atoms with Crippen molar-refractivity contribution in [2.45, 2.75) is 19.9 Å². The Bertz CT molecular complexity index is 510. The maximum Gasteiger partial charge on any atom is 0.308 e. The molecule has 5 nitrogen and oxygen atoms in total. The van der Waals surface area contributed by atoms with Crippen LogP contribution < -0.4 is 10.1 Å². The third-order valence-electron chi connectivity index (χ3n) is 3.03. The number of carbonyl (C=O) groups excluding carboxylic acids is 1. The first-order valence-corrected chi connectivity index (χ1v) is 6.29. The normalized spacial score (nSPS) is 13.8. The van der Waals surface area contributed by atoms with Crippen molar-refractivity contribution in [3.63, 3.8) is 0 Å². The fourth-order valence-corrected chi connectivity index (χ4v) is 1.53. The maximum atomic E-state index is 11.7. The molecule has 0 heterocycles. The summed E-state index contributed by atoms with van der Waals surface area (Å²) in [5, 5.41) is 11.5. The Balaban J connectivity index is 2.61. The van der Waals surface area contributed by atoms with Crippen LogP contribution in [-0.4, -0.2) is 30.1 Å². The average molecular weight is 277 g/mol. The topological polar surface area (TPSA) is 75.6 Å². The van der Waals surface area contributed by atoms with E-state index >= 15 is 0 Å². The summed E-state index contributed by atoms with van der Waals surface area (Å²) < 4.78 is 5.08.